The van der Waals surface area contributed by atoms with Crippen LogP contribution in [0.3, 0.4) is 0 Å². The van der Waals surface area contributed by atoms with Crippen molar-refractivity contribution in [2.24, 2.45) is 23.7 Å². The molecule has 0 aliphatic heterocycles. The zero-order chi connectivity index (χ0) is 29.5. The highest BCUT2D eigenvalue weighted by molar-refractivity contribution is 5.97. The predicted molar refractivity (Wildman–Crippen MR) is 187 cm³/mol. The summed E-state index contributed by atoms with van der Waals surface area (Å²) in [5.41, 5.74) is 12.5. The highest BCUT2D eigenvalue weighted by Gasteiger charge is 2.61. The Morgan fingerprint density at radius 1 is 0.467 bits per heavy atom. The van der Waals surface area contributed by atoms with Crippen molar-refractivity contribution in [3.05, 3.63) is 151 Å². The van der Waals surface area contributed by atoms with Gasteiger partial charge in [-0.2, -0.15) is 0 Å². The molecular weight excluding hydrogens is 542 g/mol. The van der Waals surface area contributed by atoms with E-state index in [1.165, 1.54) is 82.2 Å². The molecule has 0 amide bonds. The maximum atomic E-state index is 2.55. The van der Waals surface area contributed by atoms with Gasteiger partial charge >= 0.3 is 0 Å². The fourth-order valence-electron chi connectivity index (χ4n) is 10.6. The fourth-order valence-corrected chi connectivity index (χ4v) is 10.6. The Kier molecular flexibility index (Phi) is 5.53. The second-order valence-electron chi connectivity index (χ2n) is 14.2. The Bertz CT molecular complexity index is 2060. The van der Waals surface area contributed by atoms with Gasteiger partial charge in [-0.25, -0.2) is 0 Å². The lowest BCUT2D eigenvalue weighted by Crippen LogP contribution is -2.55. The Hall–Kier alpha value is -4.62. The Morgan fingerprint density at radius 2 is 1.11 bits per heavy atom. The van der Waals surface area contributed by atoms with Gasteiger partial charge in [0.05, 0.1) is 5.69 Å². The molecule has 11 rings (SSSR count). The van der Waals surface area contributed by atoms with Gasteiger partial charge in [-0.1, -0.05) is 109 Å². The van der Waals surface area contributed by atoms with E-state index < -0.39 is 0 Å². The molecule has 218 valence electrons. The second-order valence-corrected chi connectivity index (χ2v) is 14.2. The zero-order valence-electron chi connectivity index (χ0n) is 25.6. The van der Waals surface area contributed by atoms with Crippen LogP contribution in [0.2, 0.25) is 0 Å². The number of anilines is 3. The molecule has 0 saturated heterocycles. The molecule has 0 heterocycles. The summed E-state index contributed by atoms with van der Waals surface area (Å²) in [6.07, 6.45) is 7.08. The lowest BCUT2D eigenvalue weighted by molar-refractivity contribution is -0.0399. The highest BCUT2D eigenvalue weighted by atomic mass is 15.1. The molecule has 5 aliphatic rings. The summed E-state index contributed by atoms with van der Waals surface area (Å²) in [6, 6.07) is 52.4. The molecule has 4 bridgehead atoms. The fraction of sp³-hybridized carbons (Fsp3) is 0.227. The normalized spacial score (nSPS) is 25.4. The number of hydrogen-bond donors (Lipinski definition) is 0. The largest absolute Gasteiger partial charge is 0.310 e. The molecule has 4 saturated carbocycles. The number of benzene rings is 6. The van der Waals surface area contributed by atoms with Gasteiger partial charge < -0.3 is 4.90 Å². The average Bonchev–Trinajstić information content (AvgIpc) is 3.39. The molecule has 0 radical (unpaired) electrons. The predicted octanol–water partition coefficient (Wildman–Crippen LogP) is 11.7. The van der Waals surface area contributed by atoms with Gasteiger partial charge in [-0.15, -0.1) is 0 Å². The van der Waals surface area contributed by atoms with E-state index in [2.05, 4.69) is 144 Å². The van der Waals surface area contributed by atoms with Crippen molar-refractivity contribution in [2.45, 2.75) is 37.5 Å². The minimum Gasteiger partial charge on any atom is -0.310 e. The Morgan fingerprint density at radius 3 is 1.93 bits per heavy atom. The minimum absolute atomic E-state index is 0.149. The van der Waals surface area contributed by atoms with Gasteiger partial charge in [0, 0.05) is 22.4 Å². The monoisotopic (exact) mass is 579 g/mol. The van der Waals surface area contributed by atoms with E-state index >= 15 is 0 Å². The average molecular weight is 580 g/mol. The molecule has 45 heavy (non-hydrogen) atoms. The van der Waals surface area contributed by atoms with Crippen molar-refractivity contribution in [3.63, 3.8) is 0 Å². The summed E-state index contributed by atoms with van der Waals surface area (Å²) in [5, 5.41) is 2.54. The first kappa shape index (κ1) is 25.7. The minimum atomic E-state index is 0.149. The molecule has 6 aromatic rings. The first-order chi connectivity index (χ1) is 22.3. The van der Waals surface area contributed by atoms with Crippen molar-refractivity contribution in [1.29, 1.82) is 0 Å². The van der Waals surface area contributed by atoms with E-state index in [1.807, 2.05) is 0 Å². The molecule has 0 atom stereocenters. The third-order valence-electron chi connectivity index (χ3n) is 12.0. The molecule has 4 fully saturated rings. The molecule has 1 spiro atoms. The topological polar surface area (TPSA) is 3.24 Å². The standard InChI is InChI=1S/C44H37N/c1-2-10-31(11-3-1)34-14-8-15-37(27-34)45(38-21-20-32-12-4-5-13-33(32)28-38)42-19-9-18-41-43(42)39-16-6-7-17-40(39)44(41)35-23-29-22-30(25-35)26-36(44)24-29/h1-21,27-30,35-36H,22-26H2. The molecular formula is C44H37N. The molecule has 1 heteroatoms. The van der Waals surface area contributed by atoms with Crippen LogP contribution in [0.25, 0.3) is 33.0 Å². The van der Waals surface area contributed by atoms with Crippen LogP contribution in [0.5, 0.6) is 0 Å². The van der Waals surface area contributed by atoms with Gasteiger partial charge in [0.1, 0.15) is 0 Å². The highest BCUT2D eigenvalue weighted by Crippen LogP contribution is 2.70. The summed E-state index contributed by atoms with van der Waals surface area (Å²) in [6.45, 7) is 0. The van der Waals surface area contributed by atoms with Crippen molar-refractivity contribution >= 4 is 27.8 Å². The lowest BCUT2D eigenvalue weighted by atomic mass is 9.43. The van der Waals surface area contributed by atoms with Crippen LogP contribution >= 0.6 is 0 Å². The van der Waals surface area contributed by atoms with E-state index in [9.17, 15) is 0 Å². The third-order valence-corrected chi connectivity index (χ3v) is 12.0. The summed E-state index contributed by atoms with van der Waals surface area (Å²) in [4.78, 5) is 2.55. The van der Waals surface area contributed by atoms with Gasteiger partial charge in [-0.3, -0.25) is 0 Å². The zero-order valence-corrected chi connectivity index (χ0v) is 25.6. The SMILES string of the molecule is c1ccc(-c2cccc(N(c3ccc4ccccc4c3)c3cccc4c3-c3ccccc3C43C4CC5CC(C4)CC3C5)c2)cc1. The van der Waals surface area contributed by atoms with E-state index in [0.717, 1.165) is 23.7 Å². The van der Waals surface area contributed by atoms with Crippen molar-refractivity contribution in [3.8, 4) is 22.3 Å². The third kappa shape index (κ3) is 3.67. The van der Waals surface area contributed by atoms with Crippen LogP contribution in [0.15, 0.2) is 140 Å². The van der Waals surface area contributed by atoms with Gasteiger partial charge in [0.15, 0.2) is 0 Å². The van der Waals surface area contributed by atoms with Crippen LogP contribution < -0.4 is 4.90 Å². The summed E-state index contributed by atoms with van der Waals surface area (Å²) >= 11 is 0. The van der Waals surface area contributed by atoms with E-state index in [0.29, 0.717) is 0 Å². The van der Waals surface area contributed by atoms with Crippen molar-refractivity contribution in [2.75, 3.05) is 4.90 Å². The summed E-state index contributed by atoms with van der Waals surface area (Å²) in [7, 11) is 0. The summed E-state index contributed by atoms with van der Waals surface area (Å²) < 4.78 is 0. The molecule has 0 aromatic heterocycles. The van der Waals surface area contributed by atoms with E-state index in [4.69, 9.17) is 0 Å². The van der Waals surface area contributed by atoms with Crippen LogP contribution in [0.1, 0.15) is 43.2 Å². The quantitative estimate of drug-likeness (QED) is 0.201. The molecule has 6 aromatic carbocycles. The molecule has 5 aliphatic carbocycles. The first-order valence-corrected chi connectivity index (χ1v) is 16.9. The van der Waals surface area contributed by atoms with Crippen LogP contribution in [0.4, 0.5) is 17.1 Å². The lowest BCUT2D eigenvalue weighted by Gasteiger charge is -2.61. The smallest absolute Gasteiger partial charge is 0.0543 e. The number of fused-ring (bicyclic) bond motifs is 4. The Labute approximate surface area is 266 Å². The van der Waals surface area contributed by atoms with E-state index in [-0.39, 0.29) is 5.41 Å². The first-order valence-electron chi connectivity index (χ1n) is 16.9. The molecule has 0 unspecified atom stereocenters. The maximum absolute atomic E-state index is 2.55. The van der Waals surface area contributed by atoms with Gasteiger partial charge in [0.25, 0.3) is 0 Å². The molecule has 0 N–H and O–H groups in total. The van der Waals surface area contributed by atoms with Crippen molar-refractivity contribution in [1.82, 2.24) is 0 Å². The Balaban J connectivity index is 1.23. The van der Waals surface area contributed by atoms with Crippen molar-refractivity contribution < 1.29 is 0 Å². The number of nitrogens with zero attached hydrogens (tertiary/aromatic N) is 1. The van der Waals surface area contributed by atoms with Crippen LogP contribution in [-0.2, 0) is 5.41 Å². The van der Waals surface area contributed by atoms with Crippen LogP contribution in [0, 0.1) is 23.7 Å². The van der Waals surface area contributed by atoms with E-state index in [1.54, 1.807) is 11.1 Å². The number of rotatable bonds is 4. The maximum Gasteiger partial charge on any atom is 0.0543 e. The van der Waals surface area contributed by atoms with Gasteiger partial charge in [-0.05, 0) is 125 Å². The number of hydrogen-bond acceptors (Lipinski definition) is 1. The molecule has 1 nitrogen and oxygen atoms in total. The van der Waals surface area contributed by atoms with Gasteiger partial charge in [0.2, 0.25) is 0 Å². The summed E-state index contributed by atoms with van der Waals surface area (Å²) in [5.74, 6) is 3.38. The van der Waals surface area contributed by atoms with Crippen LogP contribution in [-0.4, -0.2) is 0 Å². The second kappa shape index (κ2) is 9.69.